The van der Waals surface area contributed by atoms with Crippen molar-refractivity contribution < 1.29 is 17.9 Å². The van der Waals surface area contributed by atoms with E-state index in [9.17, 15) is 13.2 Å². The molecule has 1 aromatic carbocycles. The average molecular weight is 319 g/mol. The number of hydrogen-bond donors (Lipinski definition) is 0. The molecule has 0 unspecified atom stereocenters. The first kappa shape index (κ1) is 16.9. The Morgan fingerprint density at radius 1 is 1.22 bits per heavy atom. The third-order valence-corrected chi connectivity index (χ3v) is 3.10. The standard InChI is InChI=1S/C18H16F3NO/c1-2-3-4-5-6-13-7-9-16(22-12-13)14-8-10-17(15(19)11-14)23-18(20)21/h7-12,18H,2-4H2,1H3. The number of halogens is 3. The zero-order chi connectivity index (χ0) is 16.7. The minimum absolute atomic E-state index is 0.481. The lowest BCUT2D eigenvalue weighted by Crippen LogP contribution is -2.03. The van der Waals surface area contributed by atoms with Crippen molar-refractivity contribution >= 4 is 0 Å². The Bertz CT molecular complexity index is 702. The molecule has 0 saturated carbocycles. The third kappa shape index (κ3) is 5.03. The number of unbranched alkanes of at least 4 members (excludes halogenated alkanes) is 2. The smallest absolute Gasteiger partial charge is 0.387 e. The van der Waals surface area contributed by atoms with E-state index in [1.54, 1.807) is 18.3 Å². The molecular weight excluding hydrogens is 303 g/mol. The number of nitrogens with zero attached hydrogens (tertiary/aromatic N) is 1. The Kier molecular flexibility index (Phi) is 6.04. The molecule has 2 nitrogen and oxygen atoms in total. The van der Waals surface area contributed by atoms with Crippen molar-refractivity contribution in [3.63, 3.8) is 0 Å². The second kappa shape index (κ2) is 8.23. The fourth-order valence-electron chi connectivity index (χ4n) is 1.92. The number of rotatable bonds is 5. The van der Waals surface area contributed by atoms with Crippen molar-refractivity contribution in [2.75, 3.05) is 0 Å². The van der Waals surface area contributed by atoms with Crippen LogP contribution in [0.15, 0.2) is 36.5 Å². The number of ether oxygens (including phenoxy) is 1. The van der Waals surface area contributed by atoms with Crippen LogP contribution in [0.1, 0.15) is 31.7 Å². The molecule has 2 aromatic rings. The Labute approximate surface area is 133 Å². The third-order valence-electron chi connectivity index (χ3n) is 3.10. The lowest BCUT2D eigenvalue weighted by Gasteiger charge is -2.07. The summed E-state index contributed by atoms with van der Waals surface area (Å²) in [6, 6.07) is 7.27. The SMILES string of the molecule is CCCCC#Cc1ccc(-c2ccc(OC(F)F)c(F)c2)nc1. The average Bonchev–Trinajstić information content (AvgIpc) is 2.54. The second-order valence-corrected chi connectivity index (χ2v) is 4.86. The molecular formula is C18H16F3NO. The van der Waals surface area contributed by atoms with Gasteiger partial charge in [0, 0.05) is 23.7 Å². The summed E-state index contributed by atoms with van der Waals surface area (Å²) in [5.41, 5.74) is 1.80. The lowest BCUT2D eigenvalue weighted by molar-refractivity contribution is -0.0521. The van der Waals surface area contributed by atoms with Gasteiger partial charge in [-0.3, -0.25) is 4.98 Å². The maximum absolute atomic E-state index is 13.7. The second-order valence-electron chi connectivity index (χ2n) is 4.86. The maximum Gasteiger partial charge on any atom is 0.387 e. The predicted octanol–water partition coefficient (Wildman–Crippen LogP) is 5.03. The van der Waals surface area contributed by atoms with Crippen LogP contribution in [0.5, 0.6) is 5.75 Å². The van der Waals surface area contributed by atoms with Crippen LogP contribution in [0.4, 0.5) is 13.2 Å². The van der Waals surface area contributed by atoms with Gasteiger partial charge in [-0.25, -0.2) is 4.39 Å². The molecule has 0 aliphatic rings. The molecule has 0 aliphatic heterocycles. The van der Waals surface area contributed by atoms with Gasteiger partial charge in [0.1, 0.15) is 0 Å². The van der Waals surface area contributed by atoms with E-state index in [4.69, 9.17) is 0 Å². The van der Waals surface area contributed by atoms with Crippen molar-refractivity contribution in [3.8, 4) is 28.8 Å². The van der Waals surface area contributed by atoms with E-state index in [1.165, 1.54) is 6.07 Å². The van der Waals surface area contributed by atoms with Crippen LogP contribution < -0.4 is 4.74 Å². The van der Waals surface area contributed by atoms with E-state index in [0.717, 1.165) is 37.0 Å². The zero-order valence-electron chi connectivity index (χ0n) is 12.7. The fraction of sp³-hybridized carbons (Fsp3) is 0.278. The van der Waals surface area contributed by atoms with Crippen LogP contribution >= 0.6 is 0 Å². The minimum Gasteiger partial charge on any atom is -0.432 e. The molecule has 2 rings (SSSR count). The van der Waals surface area contributed by atoms with Crippen molar-refractivity contribution in [2.24, 2.45) is 0 Å². The Balaban J connectivity index is 2.12. The summed E-state index contributed by atoms with van der Waals surface area (Å²) < 4.78 is 42.0. The van der Waals surface area contributed by atoms with Crippen LogP contribution in [-0.4, -0.2) is 11.6 Å². The summed E-state index contributed by atoms with van der Waals surface area (Å²) in [4.78, 5) is 4.22. The van der Waals surface area contributed by atoms with Gasteiger partial charge in [0.15, 0.2) is 11.6 Å². The van der Waals surface area contributed by atoms with Gasteiger partial charge in [-0.2, -0.15) is 8.78 Å². The monoisotopic (exact) mass is 319 g/mol. The predicted molar refractivity (Wildman–Crippen MR) is 82.7 cm³/mol. The molecule has 0 spiro atoms. The van der Waals surface area contributed by atoms with E-state index in [-0.39, 0.29) is 0 Å². The van der Waals surface area contributed by atoms with Crippen LogP contribution in [0.25, 0.3) is 11.3 Å². The molecule has 0 atom stereocenters. The quantitative estimate of drug-likeness (QED) is 0.569. The molecule has 0 aliphatic carbocycles. The van der Waals surface area contributed by atoms with Crippen LogP contribution in [0, 0.1) is 17.7 Å². The highest BCUT2D eigenvalue weighted by Crippen LogP contribution is 2.25. The molecule has 120 valence electrons. The van der Waals surface area contributed by atoms with Crippen molar-refractivity contribution in [1.29, 1.82) is 0 Å². The van der Waals surface area contributed by atoms with E-state index >= 15 is 0 Å². The van der Waals surface area contributed by atoms with Gasteiger partial charge in [0.25, 0.3) is 0 Å². The molecule has 1 aromatic heterocycles. The Morgan fingerprint density at radius 3 is 2.65 bits per heavy atom. The summed E-state index contributed by atoms with van der Waals surface area (Å²) >= 11 is 0. The zero-order valence-corrected chi connectivity index (χ0v) is 12.7. The first-order valence-corrected chi connectivity index (χ1v) is 7.30. The Hall–Kier alpha value is -2.48. The van der Waals surface area contributed by atoms with Crippen molar-refractivity contribution in [3.05, 3.63) is 47.9 Å². The molecule has 0 radical (unpaired) electrons. The fourth-order valence-corrected chi connectivity index (χ4v) is 1.92. The molecule has 23 heavy (non-hydrogen) atoms. The van der Waals surface area contributed by atoms with Crippen LogP contribution in [0.3, 0.4) is 0 Å². The summed E-state index contributed by atoms with van der Waals surface area (Å²) in [5, 5.41) is 0. The van der Waals surface area contributed by atoms with Gasteiger partial charge < -0.3 is 4.74 Å². The molecule has 0 saturated heterocycles. The highest BCUT2D eigenvalue weighted by atomic mass is 19.3. The maximum atomic E-state index is 13.7. The van der Waals surface area contributed by atoms with Gasteiger partial charge >= 0.3 is 6.61 Å². The lowest BCUT2D eigenvalue weighted by atomic mass is 10.1. The van der Waals surface area contributed by atoms with E-state index in [0.29, 0.717) is 11.3 Å². The van der Waals surface area contributed by atoms with Gasteiger partial charge in [-0.05, 0) is 36.8 Å². The molecule has 0 amide bonds. The van der Waals surface area contributed by atoms with Gasteiger partial charge in [0.2, 0.25) is 0 Å². The van der Waals surface area contributed by atoms with Crippen LogP contribution in [-0.2, 0) is 0 Å². The summed E-state index contributed by atoms with van der Waals surface area (Å²) in [5.74, 6) is 4.73. The number of benzene rings is 1. The van der Waals surface area contributed by atoms with Crippen molar-refractivity contribution in [2.45, 2.75) is 32.8 Å². The molecule has 0 bridgehead atoms. The topological polar surface area (TPSA) is 22.1 Å². The number of aromatic nitrogens is 1. The largest absolute Gasteiger partial charge is 0.432 e. The number of hydrogen-bond acceptors (Lipinski definition) is 2. The highest BCUT2D eigenvalue weighted by Gasteiger charge is 2.11. The summed E-state index contributed by atoms with van der Waals surface area (Å²) in [6.45, 7) is -0.951. The van der Waals surface area contributed by atoms with E-state index < -0.39 is 18.2 Å². The normalized spacial score (nSPS) is 10.3. The molecule has 1 heterocycles. The van der Waals surface area contributed by atoms with Gasteiger partial charge in [0.05, 0.1) is 5.69 Å². The Morgan fingerprint density at radius 2 is 2.04 bits per heavy atom. The molecule has 0 N–H and O–H groups in total. The number of alkyl halides is 2. The van der Waals surface area contributed by atoms with E-state index in [1.807, 2.05) is 0 Å². The minimum atomic E-state index is -3.06. The summed E-state index contributed by atoms with van der Waals surface area (Å²) in [7, 11) is 0. The van der Waals surface area contributed by atoms with Gasteiger partial charge in [-0.15, -0.1) is 0 Å². The van der Waals surface area contributed by atoms with E-state index in [2.05, 4.69) is 28.5 Å². The summed E-state index contributed by atoms with van der Waals surface area (Å²) in [6.07, 6.45) is 4.61. The molecule has 0 fully saturated rings. The highest BCUT2D eigenvalue weighted by molar-refractivity contribution is 5.61. The first-order valence-electron chi connectivity index (χ1n) is 7.30. The van der Waals surface area contributed by atoms with Crippen LogP contribution in [0.2, 0.25) is 0 Å². The van der Waals surface area contributed by atoms with Crippen molar-refractivity contribution in [1.82, 2.24) is 4.98 Å². The number of pyridine rings is 1. The van der Waals surface area contributed by atoms with Gasteiger partial charge in [-0.1, -0.05) is 25.2 Å². The molecule has 5 heteroatoms. The first-order chi connectivity index (χ1) is 11.1.